The molecule has 4 aromatic rings. The van der Waals surface area contributed by atoms with Gasteiger partial charge in [0.15, 0.2) is 0 Å². The van der Waals surface area contributed by atoms with Crippen LogP contribution in [0.15, 0.2) is 73.3 Å². The first-order chi connectivity index (χ1) is 22.0. The zero-order valence-electron chi connectivity index (χ0n) is 26.0. The molecule has 2 saturated heterocycles. The SMILES string of the molecule is C[C@](N)(c1ccc(F)cc1)c1cnc(N2CCN(C(=O)N3CCN(c4ncc([C@@](C)(N)c5ccc(F)cc5)cn4)CC3)CC2)nc1. The predicted molar refractivity (Wildman–Crippen MR) is 171 cm³/mol. The molecule has 4 N–H and O–H groups in total. The van der Waals surface area contributed by atoms with Gasteiger partial charge in [-0.1, -0.05) is 24.3 Å². The van der Waals surface area contributed by atoms with Crippen LogP contribution < -0.4 is 21.3 Å². The summed E-state index contributed by atoms with van der Waals surface area (Å²) in [5.41, 5.74) is 14.4. The molecule has 0 aliphatic carbocycles. The van der Waals surface area contributed by atoms with Crippen molar-refractivity contribution in [3.05, 3.63) is 107 Å². The smallest absolute Gasteiger partial charge is 0.320 e. The molecule has 2 aliphatic rings. The Bertz CT molecular complexity index is 1510. The number of nitrogens with two attached hydrogens (primary N) is 2. The van der Waals surface area contributed by atoms with Gasteiger partial charge in [-0.3, -0.25) is 0 Å². The predicted octanol–water partition coefficient (Wildman–Crippen LogP) is 3.05. The van der Waals surface area contributed by atoms with Crippen molar-refractivity contribution in [1.82, 2.24) is 29.7 Å². The lowest BCUT2D eigenvalue weighted by Gasteiger charge is -2.40. The first-order valence-corrected chi connectivity index (χ1v) is 15.3. The minimum Gasteiger partial charge on any atom is -0.337 e. The van der Waals surface area contributed by atoms with E-state index in [4.69, 9.17) is 11.5 Å². The molecule has 240 valence electrons. The highest BCUT2D eigenvalue weighted by atomic mass is 19.1. The number of piperazine rings is 2. The molecule has 13 heteroatoms. The van der Waals surface area contributed by atoms with E-state index in [0.717, 1.165) is 22.3 Å². The summed E-state index contributed by atoms with van der Waals surface area (Å²) in [6, 6.07) is 12.2. The van der Waals surface area contributed by atoms with Gasteiger partial charge in [-0.15, -0.1) is 0 Å². The number of rotatable bonds is 6. The summed E-state index contributed by atoms with van der Waals surface area (Å²) in [6.45, 7) is 8.38. The summed E-state index contributed by atoms with van der Waals surface area (Å²) in [4.78, 5) is 39.4. The van der Waals surface area contributed by atoms with Crippen LogP contribution in [-0.2, 0) is 11.1 Å². The maximum Gasteiger partial charge on any atom is 0.320 e. The number of anilines is 2. The van der Waals surface area contributed by atoms with Crippen LogP contribution in [0.5, 0.6) is 0 Å². The van der Waals surface area contributed by atoms with Crippen molar-refractivity contribution >= 4 is 17.9 Å². The Balaban J connectivity index is 0.993. The number of hydrogen-bond acceptors (Lipinski definition) is 9. The third-order valence-corrected chi connectivity index (χ3v) is 9.03. The molecule has 2 aromatic heterocycles. The minimum absolute atomic E-state index is 0.0169. The summed E-state index contributed by atoms with van der Waals surface area (Å²) in [6.07, 6.45) is 6.83. The van der Waals surface area contributed by atoms with Gasteiger partial charge in [0.25, 0.3) is 0 Å². The van der Waals surface area contributed by atoms with Crippen molar-refractivity contribution < 1.29 is 13.6 Å². The molecule has 2 atom stereocenters. The van der Waals surface area contributed by atoms with Gasteiger partial charge in [-0.05, 0) is 49.2 Å². The van der Waals surface area contributed by atoms with E-state index in [-0.39, 0.29) is 17.7 Å². The highest BCUT2D eigenvalue weighted by molar-refractivity contribution is 5.75. The maximum absolute atomic E-state index is 13.4. The van der Waals surface area contributed by atoms with Crippen LogP contribution in [0.1, 0.15) is 36.1 Å². The number of urea groups is 1. The van der Waals surface area contributed by atoms with E-state index in [9.17, 15) is 13.6 Å². The molecule has 2 aliphatic heterocycles. The average Bonchev–Trinajstić information content (AvgIpc) is 3.08. The van der Waals surface area contributed by atoms with Gasteiger partial charge in [-0.2, -0.15) is 0 Å². The summed E-state index contributed by atoms with van der Waals surface area (Å²) in [5.74, 6) is 0.531. The van der Waals surface area contributed by atoms with Gasteiger partial charge in [0.05, 0.1) is 11.1 Å². The Kier molecular flexibility index (Phi) is 8.53. The summed E-state index contributed by atoms with van der Waals surface area (Å²) in [7, 11) is 0. The van der Waals surface area contributed by atoms with Crippen LogP contribution in [0.4, 0.5) is 25.5 Å². The molecule has 2 amide bonds. The van der Waals surface area contributed by atoms with Crippen LogP contribution in [0.3, 0.4) is 0 Å². The number of hydrogen-bond donors (Lipinski definition) is 2. The van der Waals surface area contributed by atoms with E-state index in [0.29, 0.717) is 64.3 Å². The van der Waals surface area contributed by atoms with Gasteiger partial charge in [-0.25, -0.2) is 33.5 Å². The quantitative estimate of drug-likeness (QED) is 0.331. The number of aromatic nitrogens is 4. The van der Waals surface area contributed by atoms with E-state index in [1.165, 1.54) is 24.3 Å². The molecular weight excluding hydrogens is 590 g/mol. The van der Waals surface area contributed by atoms with Crippen molar-refractivity contribution in [3.63, 3.8) is 0 Å². The zero-order chi connectivity index (χ0) is 32.5. The van der Waals surface area contributed by atoms with E-state index in [2.05, 4.69) is 29.7 Å². The van der Waals surface area contributed by atoms with Crippen LogP contribution >= 0.6 is 0 Å². The highest BCUT2D eigenvalue weighted by Gasteiger charge is 2.31. The molecule has 11 nitrogen and oxygen atoms in total. The van der Waals surface area contributed by atoms with Gasteiger partial charge in [0, 0.05) is 88.3 Å². The number of halogens is 2. The average molecular weight is 629 g/mol. The van der Waals surface area contributed by atoms with Crippen LogP contribution in [0, 0.1) is 11.6 Å². The Morgan fingerprint density at radius 1 is 0.565 bits per heavy atom. The highest BCUT2D eigenvalue weighted by Crippen LogP contribution is 2.28. The van der Waals surface area contributed by atoms with Crippen LogP contribution in [-0.4, -0.2) is 88.1 Å². The Labute approximate surface area is 266 Å². The number of benzene rings is 2. The Hall–Kier alpha value is -4.75. The molecule has 46 heavy (non-hydrogen) atoms. The fraction of sp³-hybridized carbons (Fsp3) is 0.364. The molecule has 2 aromatic carbocycles. The van der Waals surface area contributed by atoms with Crippen molar-refractivity contribution in [2.45, 2.75) is 24.9 Å². The largest absolute Gasteiger partial charge is 0.337 e. The number of carbonyl (C=O) groups excluding carboxylic acids is 1. The topological polar surface area (TPSA) is 134 Å². The van der Waals surface area contributed by atoms with E-state index in [1.807, 2.05) is 23.6 Å². The van der Waals surface area contributed by atoms with Gasteiger partial charge in [0.2, 0.25) is 11.9 Å². The van der Waals surface area contributed by atoms with Crippen molar-refractivity contribution in [3.8, 4) is 0 Å². The first kappa shape index (κ1) is 31.2. The number of amides is 2. The fourth-order valence-electron chi connectivity index (χ4n) is 5.83. The van der Waals surface area contributed by atoms with Crippen LogP contribution in [0.2, 0.25) is 0 Å². The van der Waals surface area contributed by atoms with E-state index < -0.39 is 11.1 Å². The standard InChI is InChI=1S/C33H38F2N10O/c1-32(36,23-3-7-27(34)8-4-23)25-19-38-29(39-20-25)42-11-15-44(16-12-42)31(46)45-17-13-43(14-18-45)30-40-21-26(22-41-30)33(2,37)24-5-9-28(35)10-6-24/h3-10,19-22H,11-18,36-37H2,1-2H3/t32-,33-/m0/s1. The molecule has 6 rings (SSSR count). The number of carbonyl (C=O) groups is 1. The van der Waals surface area contributed by atoms with Crippen molar-refractivity contribution in [2.75, 3.05) is 62.2 Å². The van der Waals surface area contributed by atoms with E-state index >= 15 is 0 Å². The molecule has 2 fully saturated rings. The van der Waals surface area contributed by atoms with Gasteiger partial charge in [0.1, 0.15) is 11.6 Å². The van der Waals surface area contributed by atoms with Gasteiger partial charge >= 0.3 is 6.03 Å². The summed E-state index contributed by atoms with van der Waals surface area (Å²) >= 11 is 0. The lowest BCUT2D eigenvalue weighted by molar-refractivity contribution is 0.147. The van der Waals surface area contributed by atoms with E-state index in [1.54, 1.807) is 49.1 Å². The number of nitrogens with zero attached hydrogens (tertiary/aromatic N) is 8. The third kappa shape index (κ3) is 6.33. The second kappa shape index (κ2) is 12.6. The zero-order valence-corrected chi connectivity index (χ0v) is 26.0. The van der Waals surface area contributed by atoms with Crippen LogP contribution in [0.25, 0.3) is 0 Å². The minimum atomic E-state index is -0.867. The normalized spacial score (nSPS) is 18.2. The molecule has 4 heterocycles. The Morgan fingerprint density at radius 3 is 1.17 bits per heavy atom. The van der Waals surface area contributed by atoms with Crippen molar-refractivity contribution in [2.24, 2.45) is 11.5 Å². The lowest BCUT2D eigenvalue weighted by Crippen LogP contribution is -2.57. The molecule has 0 spiro atoms. The molecule has 0 saturated carbocycles. The summed E-state index contributed by atoms with van der Waals surface area (Å²) in [5, 5.41) is 0. The second-order valence-electron chi connectivity index (χ2n) is 12.2. The Morgan fingerprint density at radius 2 is 0.870 bits per heavy atom. The first-order valence-electron chi connectivity index (χ1n) is 15.3. The summed E-state index contributed by atoms with van der Waals surface area (Å²) < 4.78 is 26.8. The maximum atomic E-state index is 13.4. The fourth-order valence-corrected chi connectivity index (χ4v) is 5.83. The molecule has 0 bridgehead atoms. The lowest BCUT2D eigenvalue weighted by atomic mass is 9.87. The molecular formula is C33H38F2N10O. The van der Waals surface area contributed by atoms with Crippen molar-refractivity contribution in [1.29, 1.82) is 0 Å². The molecule has 0 radical (unpaired) electrons. The molecule has 0 unspecified atom stereocenters. The monoisotopic (exact) mass is 628 g/mol. The van der Waals surface area contributed by atoms with Gasteiger partial charge < -0.3 is 31.1 Å². The third-order valence-electron chi connectivity index (χ3n) is 9.03. The second-order valence-corrected chi connectivity index (χ2v) is 12.2.